The summed E-state index contributed by atoms with van der Waals surface area (Å²) in [5.74, 6) is 1.93. The third-order valence-electron chi connectivity index (χ3n) is 4.45. The van der Waals surface area contributed by atoms with Gasteiger partial charge in [-0.3, -0.25) is 9.69 Å². The van der Waals surface area contributed by atoms with Crippen LogP contribution in [0.2, 0.25) is 0 Å². The van der Waals surface area contributed by atoms with E-state index in [4.69, 9.17) is 9.47 Å². The van der Waals surface area contributed by atoms with Gasteiger partial charge in [0.25, 0.3) is 5.91 Å². The van der Waals surface area contributed by atoms with Crippen LogP contribution in [0.3, 0.4) is 0 Å². The minimum absolute atomic E-state index is 0.0755. The fourth-order valence-corrected chi connectivity index (χ4v) is 3.44. The molecule has 0 spiro atoms. The Morgan fingerprint density at radius 2 is 2.00 bits per heavy atom. The van der Waals surface area contributed by atoms with E-state index in [9.17, 15) is 4.79 Å². The maximum absolute atomic E-state index is 13.2. The van der Waals surface area contributed by atoms with Gasteiger partial charge in [-0.05, 0) is 32.4 Å². The summed E-state index contributed by atoms with van der Waals surface area (Å²) in [6, 6.07) is 7.72. The zero-order valence-corrected chi connectivity index (χ0v) is 13.2. The number of para-hydroxylation sites is 1. The van der Waals surface area contributed by atoms with Crippen molar-refractivity contribution in [3.8, 4) is 11.5 Å². The van der Waals surface area contributed by atoms with Crippen molar-refractivity contribution in [1.29, 1.82) is 0 Å². The number of anilines is 1. The summed E-state index contributed by atoms with van der Waals surface area (Å²) < 4.78 is 13.2. The second-order valence-electron chi connectivity index (χ2n) is 6.07. The highest BCUT2D eigenvalue weighted by atomic mass is 16.6. The third-order valence-corrected chi connectivity index (χ3v) is 4.45. The standard InChI is InChI=1S/C17H19N3O3/c1-11-10-12(2)20-15(6-7-18-20)19(11)17(21)13-4-3-5-14-16(13)23-9-8-22-14/h3-7,11-12H,8-10H2,1-2H3/t11-,12-/m1/s1. The lowest BCUT2D eigenvalue weighted by Crippen LogP contribution is -2.45. The number of amides is 1. The van der Waals surface area contributed by atoms with Crippen molar-refractivity contribution in [1.82, 2.24) is 9.78 Å². The Balaban J connectivity index is 1.77. The lowest BCUT2D eigenvalue weighted by molar-refractivity contribution is 0.0955. The van der Waals surface area contributed by atoms with E-state index in [1.165, 1.54) is 0 Å². The van der Waals surface area contributed by atoms with Crippen LogP contribution in [0.1, 0.15) is 36.7 Å². The molecule has 0 fully saturated rings. The summed E-state index contributed by atoms with van der Waals surface area (Å²) in [7, 11) is 0. The molecule has 6 nitrogen and oxygen atoms in total. The Hall–Kier alpha value is -2.50. The summed E-state index contributed by atoms with van der Waals surface area (Å²) in [5.41, 5.74) is 0.538. The number of rotatable bonds is 1. The number of aromatic nitrogens is 2. The summed E-state index contributed by atoms with van der Waals surface area (Å²) in [4.78, 5) is 15.0. The van der Waals surface area contributed by atoms with Crippen LogP contribution in [0.5, 0.6) is 11.5 Å². The molecule has 120 valence electrons. The second kappa shape index (κ2) is 5.30. The van der Waals surface area contributed by atoms with Crippen molar-refractivity contribution in [2.75, 3.05) is 18.1 Å². The van der Waals surface area contributed by atoms with Crippen LogP contribution >= 0.6 is 0 Å². The first-order valence-electron chi connectivity index (χ1n) is 7.92. The molecule has 0 saturated heterocycles. The van der Waals surface area contributed by atoms with E-state index in [1.54, 1.807) is 17.2 Å². The highest BCUT2D eigenvalue weighted by molar-refractivity contribution is 6.08. The van der Waals surface area contributed by atoms with Gasteiger partial charge in [-0.1, -0.05) is 6.07 Å². The van der Waals surface area contributed by atoms with E-state index in [0.29, 0.717) is 30.3 Å². The molecule has 2 atom stereocenters. The molecule has 0 radical (unpaired) electrons. The predicted octanol–water partition coefficient (Wildman–Crippen LogP) is 2.65. The van der Waals surface area contributed by atoms with E-state index >= 15 is 0 Å². The Labute approximate surface area is 134 Å². The van der Waals surface area contributed by atoms with E-state index in [-0.39, 0.29) is 18.0 Å². The van der Waals surface area contributed by atoms with E-state index in [0.717, 1.165) is 12.2 Å². The fraction of sp³-hybridized carbons (Fsp3) is 0.412. The Bertz CT molecular complexity index is 755. The normalized spacial score (nSPS) is 22.6. The minimum atomic E-state index is -0.0755. The van der Waals surface area contributed by atoms with Crippen molar-refractivity contribution < 1.29 is 14.3 Å². The van der Waals surface area contributed by atoms with Gasteiger partial charge in [0.15, 0.2) is 11.5 Å². The zero-order valence-electron chi connectivity index (χ0n) is 13.2. The number of hydrogen-bond donors (Lipinski definition) is 0. The monoisotopic (exact) mass is 313 g/mol. The molecule has 3 heterocycles. The van der Waals surface area contributed by atoms with Crippen molar-refractivity contribution in [2.45, 2.75) is 32.4 Å². The second-order valence-corrected chi connectivity index (χ2v) is 6.07. The maximum Gasteiger partial charge on any atom is 0.263 e. The lowest BCUT2D eigenvalue weighted by atomic mass is 10.0. The van der Waals surface area contributed by atoms with E-state index in [2.05, 4.69) is 18.9 Å². The summed E-state index contributed by atoms with van der Waals surface area (Å²) in [5, 5.41) is 4.35. The van der Waals surface area contributed by atoms with Crippen molar-refractivity contribution in [3.63, 3.8) is 0 Å². The zero-order chi connectivity index (χ0) is 16.0. The molecule has 2 aliphatic heterocycles. The molecule has 0 aliphatic carbocycles. The first-order valence-corrected chi connectivity index (χ1v) is 7.92. The van der Waals surface area contributed by atoms with Crippen LogP contribution in [0.4, 0.5) is 5.82 Å². The number of fused-ring (bicyclic) bond motifs is 2. The van der Waals surface area contributed by atoms with Crippen molar-refractivity contribution >= 4 is 11.7 Å². The SMILES string of the molecule is C[C@@H]1C[C@@H](C)n2nccc2N1C(=O)c1cccc2c1OCCO2. The highest BCUT2D eigenvalue weighted by Crippen LogP contribution is 2.37. The number of nitrogens with zero attached hydrogens (tertiary/aromatic N) is 3. The van der Waals surface area contributed by atoms with Crippen LogP contribution in [0.15, 0.2) is 30.5 Å². The van der Waals surface area contributed by atoms with Crippen LogP contribution in [-0.2, 0) is 0 Å². The lowest BCUT2D eigenvalue weighted by Gasteiger charge is -2.37. The molecule has 1 aromatic heterocycles. The smallest absolute Gasteiger partial charge is 0.263 e. The largest absolute Gasteiger partial charge is 0.486 e. The molecule has 4 rings (SSSR count). The maximum atomic E-state index is 13.2. The summed E-state index contributed by atoms with van der Waals surface area (Å²) in [6.45, 7) is 5.16. The van der Waals surface area contributed by atoms with Crippen LogP contribution in [0.25, 0.3) is 0 Å². The van der Waals surface area contributed by atoms with Crippen molar-refractivity contribution in [3.05, 3.63) is 36.0 Å². The Morgan fingerprint density at radius 1 is 1.17 bits per heavy atom. The Kier molecular flexibility index (Phi) is 3.25. The van der Waals surface area contributed by atoms with Crippen LogP contribution < -0.4 is 14.4 Å². The molecule has 0 N–H and O–H groups in total. The molecule has 1 amide bonds. The van der Waals surface area contributed by atoms with Gasteiger partial charge in [-0.25, -0.2) is 4.68 Å². The third kappa shape index (κ3) is 2.17. The molecule has 2 aromatic rings. The van der Waals surface area contributed by atoms with Gasteiger partial charge in [0.1, 0.15) is 19.0 Å². The predicted molar refractivity (Wildman–Crippen MR) is 85.3 cm³/mol. The van der Waals surface area contributed by atoms with Crippen LogP contribution in [0, 0.1) is 0 Å². The molecule has 0 unspecified atom stereocenters. The van der Waals surface area contributed by atoms with Gasteiger partial charge < -0.3 is 9.47 Å². The number of carbonyl (C=O) groups is 1. The van der Waals surface area contributed by atoms with Crippen LogP contribution in [-0.4, -0.2) is 34.9 Å². The molecular formula is C17H19N3O3. The summed E-state index contributed by atoms with van der Waals surface area (Å²) in [6.07, 6.45) is 2.61. The molecule has 23 heavy (non-hydrogen) atoms. The molecule has 0 bridgehead atoms. The molecule has 6 heteroatoms. The molecule has 1 aromatic carbocycles. The minimum Gasteiger partial charge on any atom is -0.486 e. The van der Waals surface area contributed by atoms with E-state index < -0.39 is 0 Å². The van der Waals surface area contributed by atoms with E-state index in [1.807, 2.05) is 22.9 Å². The first kappa shape index (κ1) is 14.1. The first-order chi connectivity index (χ1) is 11.2. The quantitative estimate of drug-likeness (QED) is 0.812. The molecule has 0 saturated carbocycles. The van der Waals surface area contributed by atoms with Gasteiger partial charge in [0.2, 0.25) is 0 Å². The average Bonchev–Trinajstić information content (AvgIpc) is 3.04. The van der Waals surface area contributed by atoms with Gasteiger partial charge in [-0.15, -0.1) is 0 Å². The molecular weight excluding hydrogens is 294 g/mol. The molecule has 2 aliphatic rings. The van der Waals surface area contributed by atoms with Gasteiger partial charge >= 0.3 is 0 Å². The number of hydrogen-bond acceptors (Lipinski definition) is 4. The van der Waals surface area contributed by atoms with Gasteiger partial charge in [0, 0.05) is 12.1 Å². The summed E-state index contributed by atoms with van der Waals surface area (Å²) >= 11 is 0. The Morgan fingerprint density at radius 3 is 2.87 bits per heavy atom. The van der Waals surface area contributed by atoms with Gasteiger partial charge in [-0.2, -0.15) is 5.10 Å². The van der Waals surface area contributed by atoms with Crippen molar-refractivity contribution in [2.24, 2.45) is 0 Å². The highest BCUT2D eigenvalue weighted by Gasteiger charge is 2.35. The number of ether oxygens (including phenoxy) is 2. The fourth-order valence-electron chi connectivity index (χ4n) is 3.44. The topological polar surface area (TPSA) is 56.6 Å². The average molecular weight is 313 g/mol. The van der Waals surface area contributed by atoms with Gasteiger partial charge in [0.05, 0.1) is 17.8 Å². The number of carbonyl (C=O) groups excluding carboxylic acids is 1. The number of benzene rings is 1.